The van der Waals surface area contributed by atoms with Crippen LogP contribution in [0.3, 0.4) is 0 Å². The molecule has 292 valence electrons. The third kappa shape index (κ3) is 4.81. The third-order valence-electron chi connectivity index (χ3n) is 13.7. The molecule has 0 radical (unpaired) electrons. The predicted molar refractivity (Wildman–Crippen MR) is 263 cm³/mol. The van der Waals surface area contributed by atoms with Crippen LogP contribution < -0.4 is 15.7 Å². The molecule has 11 aromatic rings. The molecule has 0 unspecified atom stereocenters. The molecular formula is C56H43BN2OS. The zero-order chi connectivity index (χ0) is 41.1. The summed E-state index contributed by atoms with van der Waals surface area (Å²) >= 11 is 1.88. The van der Waals surface area contributed by atoms with E-state index in [4.69, 9.17) is 4.42 Å². The summed E-state index contributed by atoms with van der Waals surface area (Å²) in [5.74, 6) is 0. The van der Waals surface area contributed by atoms with E-state index >= 15 is 0 Å². The molecule has 2 aliphatic rings. The van der Waals surface area contributed by atoms with E-state index in [0.717, 1.165) is 21.9 Å². The Bertz CT molecular complexity index is 3670. The fourth-order valence-corrected chi connectivity index (χ4v) is 11.8. The average Bonchev–Trinajstić information content (AvgIpc) is 3.94. The van der Waals surface area contributed by atoms with Gasteiger partial charge in [0.05, 0.1) is 11.0 Å². The molecule has 3 aromatic heterocycles. The van der Waals surface area contributed by atoms with Crippen LogP contribution in [0.1, 0.15) is 52.7 Å². The molecule has 0 saturated heterocycles. The van der Waals surface area contributed by atoms with Crippen LogP contribution in [0.2, 0.25) is 0 Å². The Hall–Kier alpha value is -6.56. The molecule has 13 rings (SSSR count). The van der Waals surface area contributed by atoms with E-state index in [1.165, 1.54) is 103 Å². The van der Waals surface area contributed by atoms with Crippen molar-refractivity contribution in [2.45, 2.75) is 52.4 Å². The van der Waals surface area contributed by atoms with Crippen LogP contribution in [0.15, 0.2) is 156 Å². The molecule has 0 aliphatic carbocycles. The number of rotatable bonds is 2. The first kappa shape index (κ1) is 35.2. The number of para-hydroxylation sites is 1. The van der Waals surface area contributed by atoms with Gasteiger partial charge in [-0.05, 0) is 105 Å². The molecule has 0 amide bonds. The molecule has 2 aliphatic heterocycles. The zero-order valence-electron chi connectivity index (χ0n) is 35.2. The Morgan fingerprint density at radius 2 is 1.23 bits per heavy atom. The fraction of sp³-hybridized carbons (Fsp3) is 0.143. The van der Waals surface area contributed by atoms with Gasteiger partial charge in [-0.1, -0.05) is 133 Å². The largest absolute Gasteiger partial charge is 0.455 e. The van der Waals surface area contributed by atoms with E-state index in [1.807, 2.05) is 11.3 Å². The number of fused-ring (bicyclic) bond motifs is 15. The molecule has 5 heterocycles. The van der Waals surface area contributed by atoms with Crippen molar-refractivity contribution in [3.05, 3.63) is 163 Å². The normalized spacial score (nSPS) is 13.7. The monoisotopic (exact) mass is 802 g/mol. The van der Waals surface area contributed by atoms with Crippen molar-refractivity contribution in [2.24, 2.45) is 0 Å². The number of nitrogens with zero attached hydrogens (tertiary/aromatic N) is 2. The van der Waals surface area contributed by atoms with Crippen molar-refractivity contribution in [3.8, 4) is 27.9 Å². The van der Waals surface area contributed by atoms with Gasteiger partial charge in [-0.15, -0.1) is 11.3 Å². The highest BCUT2D eigenvalue weighted by atomic mass is 32.1. The standard InChI is InChI=1S/C56H43BN2OS/c1-55(2,3)34-22-25-43-39(28-34)40-29-35(56(4,5)6)30-42-53(40)58(43)45-31-41-37-16-10-12-18-46(37)60-54(41)51-50-44(26-27-48-49(50)38-17-11-13-19-47(38)61-48)59(57(42)52(45)51)36-23-20-33(21-24-36)32-14-8-7-9-15-32/h7-31H,1-6H3. The fourth-order valence-electron chi connectivity index (χ4n) is 10.7. The van der Waals surface area contributed by atoms with E-state index in [9.17, 15) is 0 Å². The Morgan fingerprint density at radius 3 is 2.02 bits per heavy atom. The van der Waals surface area contributed by atoms with Crippen LogP contribution in [-0.2, 0) is 10.8 Å². The summed E-state index contributed by atoms with van der Waals surface area (Å²) in [5.41, 5.74) is 18.1. The maximum atomic E-state index is 7.16. The topological polar surface area (TPSA) is 21.3 Å². The Kier molecular flexibility index (Phi) is 6.96. The van der Waals surface area contributed by atoms with Crippen LogP contribution in [0, 0.1) is 0 Å². The predicted octanol–water partition coefficient (Wildman–Crippen LogP) is 14.6. The number of hydrogen-bond donors (Lipinski definition) is 0. The number of furan rings is 1. The quantitative estimate of drug-likeness (QED) is 0.162. The van der Waals surface area contributed by atoms with E-state index in [2.05, 4.69) is 203 Å². The Balaban J connectivity index is 1.25. The lowest BCUT2D eigenvalue weighted by Gasteiger charge is -2.42. The lowest BCUT2D eigenvalue weighted by Crippen LogP contribution is -2.60. The van der Waals surface area contributed by atoms with E-state index in [1.54, 1.807) is 0 Å². The first-order valence-corrected chi connectivity index (χ1v) is 22.4. The first-order chi connectivity index (χ1) is 29.5. The molecule has 0 spiro atoms. The van der Waals surface area contributed by atoms with E-state index in [0.29, 0.717) is 0 Å². The molecule has 0 saturated carbocycles. The summed E-state index contributed by atoms with van der Waals surface area (Å²) in [4.78, 5) is 2.67. The molecule has 0 bridgehead atoms. The second kappa shape index (κ2) is 12.1. The number of anilines is 2. The van der Waals surface area contributed by atoms with Crippen LogP contribution in [0.4, 0.5) is 11.4 Å². The molecule has 8 aromatic carbocycles. The Labute approximate surface area is 359 Å². The SMILES string of the molecule is CC(C)(C)c1ccc2c(c1)c1cc(C(C)(C)C)cc3c1n2-c1cc2c(oc4ccccc42)c2c1B3N(c1ccc(-c3ccccc3)cc1)c1ccc3sc4ccccc4c3c1-2. The number of benzene rings is 8. The summed E-state index contributed by atoms with van der Waals surface area (Å²) in [5, 5.41) is 7.51. The van der Waals surface area contributed by atoms with Gasteiger partial charge in [0.2, 0.25) is 0 Å². The molecule has 0 N–H and O–H groups in total. The summed E-state index contributed by atoms with van der Waals surface area (Å²) < 4.78 is 12.4. The molecule has 0 atom stereocenters. The maximum Gasteiger partial charge on any atom is 0.333 e. The number of aromatic nitrogens is 1. The summed E-state index contributed by atoms with van der Waals surface area (Å²) in [6.45, 7) is 13.9. The Morgan fingerprint density at radius 1 is 0.525 bits per heavy atom. The van der Waals surface area contributed by atoms with Gasteiger partial charge in [-0.25, -0.2) is 0 Å². The van der Waals surface area contributed by atoms with E-state index in [-0.39, 0.29) is 17.7 Å². The van der Waals surface area contributed by atoms with Gasteiger partial charge in [0.1, 0.15) is 11.2 Å². The lowest BCUT2D eigenvalue weighted by molar-refractivity contribution is 0.590. The molecule has 0 fully saturated rings. The van der Waals surface area contributed by atoms with Crippen molar-refractivity contribution in [2.75, 3.05) is 4.81 Å². The molecular weight excluding hydrogens is 760 g/mol. The third-order valence-corrected chi connectivity index (χ3v) is 14.8. The van der Waals surface area contributed by atoms with Crippen molar-refractivity contribution < 1.29 is 4.42 Å². The lowest BCUT2D eigenvalue weighted by atomic mass is 9.43. The van der Waals surface area contributed by atoms with Crippen molar-refractivity contribution in [3.63, 3.8) is 0 Å². The van der Waals surface area contributed by atoms with Gasteiger partial charge in [0.15, 0.2) is 0 Å². The van der Waals surface area contributed by atoms with Gasteiger partial charge >= 0.3 is 6.85 Å². The highest BCUT2D eigenvalue weighted by Gasteiger charge is 2.46. The van der Waals surface area contributed by atoms with Gasteiger partial charge < -0.3 is 13.8 Å². The minimum Gasteiger partial charge on any atom is -0.455 e. The zero-order valence-corrected chi connectivity index (χ0v) is 36.0. The molecule has 3 nitrogen and oxygen atoms in total. The van der Waals surface area contributed by atoms with Gasteiger partial charge in [0, 0.05) is 69.9 Å². The summed E-state index contributed by atoms with van der Waals surface area (Å²) in [6.07, 6.45) is 0. The molecule has 61 heavy (non-hydrogen) atoms. The summed E-state index contributed by atoms with van der Waals surface area (Å²) in [7, 11) is 0. The minimum absolute atomic E-state index is 0.00466. The van der Waals surface area contributed by atoms with Gasteiger partial charge in [-0.2, -0.15) is 0 Å². The van der Waals surface area contributed by atoms with Crippen molar-refractivity contribution >= 4 is 104 Å². The second-order valence-electron chi connectivity index (χ2n) is 19.3. The van der Waals surface area contributed by atoms with E-state index < -0.39 is 0 Å². The van der Waals surface area contributed by atoms with Crippen LogP contribution in [0.25, 0.3) is 91.9 Å². The van der Waals surface area contributed by atoms with Crippen LogP contribution >= 0.6 is 11.3 Å². The molecule has 5 heteroatoms. The second-order valence-corrected chi connectivity index (χ2v) is 20.4. The highest BCUT2D eigenvalue weighted by molar-refractivity contribution is 7.26. The van der Waals surface area contributed by atoms with Gasteiger partial charge in [-0.3, -0.25) is 0 Å². The van der Waals surface area contributed by atoms with Crippen molar-refractivity contribution in [1.82, 2.24) is 4.57 Å². The highest BCUT2D eigenvalue weighted by Crippen LogP contribution is 2.53. The smallest absolute Gasteiger partial charge is 0.333 e. The minimum atomic E-state index is -0.135. The maximum absolute atomic E-state index is 7.16. The average molecular weight is 803 g/mol. The van der Waals surface area contributed by atoms with Gasteiger partial charge in [0.25, 0.3) is 0 Å². The van der Waals surface area contributed by atoms with Crippen LogP contribution in [-0.4, -0.2) is 11.4 Å². The van der Waals surface area contributed by atoms with Crippen LogP contribution in [0.5, 0.6) is 0 Å². The summed E-state index contributed by atoms with van der Waals surface area (Å²) in [6, 6.07) is 57.0. The first-order valence-electron chi connectivity index (χ1n) is 21.5. The number of thiophene rings is 1. The van der Waals surface area contributed by atoms with Crippen molar-refractivity contribution in [1.29, 1.82) is 0 Å². The number of hydrogen-bond acceptors (Lipinski definition) is 3.